The topological polar surface area (TPSA) is 15.3 Å². The van der Waals surface area contributed by atoms with Gasteiger partial charge in [0.15, 0.2) is 0 Å². The minimum absolute atomic E-state index is 0. The summed E-state index contributed by atoms with van der Waals surface area (Å²) in [5, 5.41) is 3.41. The van der Waals surface area contributed by atoms with Crippen LogP contribution in [0, 0.1) is 0 Å². The molecule has 0 unspecified atom stereocenters. The number of benzene rings is 1. The molecule has 0 amide bonds. The van der Waals surface area contributed by atoms with Gasteiger partial charge >= 0.3 is 0 Å². The lowest BCUT2D eigenvalue weighted by atomic mass is 10.0. The lowest BCUT2D eigenvalue weighted by molar-refractivity contribution is 0.169. The fourth-order valence-electron chi connectivity index (χ4n) is 2.42. The SMILES string of the molecule is CC[C@@H](c1ccc(Br)c(Br)c1)N1CCNCC1.Cl.Cl. The number of hydrogen-bond donors (Lipinski definition) is 1. The summed E-state index contributed by atoms with van der Waals surface area (Å²) < 4.78 is 2.26. The molecule has 0 saturated carbocycles. The Morgan fingerprint density at radius 1 is 1.16 bits per heavy atom. The van der Waals surface area contributed by atoms with Gasteiger partial charge in [-0.25, -0.2) is 0 Å². The molecule has 6 heteroatoms. The average molecular weight is 435 g/mol. The summed E-state index contributed by atoms with van der Waals surface area (Å²) in [7, 11) is 0. The average Bonchev–Trinajstić information content (AvgIpc) is 2.36. The Labute approximate surface area is 144 Å². The molecule has 1 N–H and O–H groups in total. The standard InChI is InChI=1S/C13H18Br2N2.2ClH/c1-2-13(17-7-5-16-6-8-17)10-3-4-11(14)12(15)9-10;;/h3-4,9,13,16H,2,5-8H2,1H3;2*1H/t13-;;/m0../s1. The minimum Gasteiger partial charge on any atom is -0.314 e. The predicted molar refractivity (Wildman–Crippen MR) is 93.8 cm³/mol. The van der Waals surface area contributed by atoms with Gasteiger partial charge in [0.1, 0.15) is 0 Å². The van der Waals surface area contributed by atoms with Crippen LogP contribution in [0.3, 0.4) is 0 Å². The van der Waals surface area contributed by atoms with E-state index in [1.165, 1.54) is 5.56 Å². The fourth-order valence-corrected chi connectivity index (χ4v) is 3.06. The van der Waals surface area contributed by atoms with Crippen molar-refractivity contribution in [2.45, 2.75) is 19.4 Å². The largest absolute Gasteiger partial charge is 0.314 e. The molecular weight excluding hydrogens is 415 g/mol. The third kappa shape index (κ3) is 5.18. The van der Waals surface area contributed by atoms with E-state index in [2.05, 4.69) is 67.2 Å². The van der Waals surface area contributed by atoms with Crippen molar-refractivity contribution in [2.24, 2.45) is 0 Å². The Morgan fingerprint density at radius 2 is 1.79 bits per heavy atom. The molecule has 0 radical (unpaired) electrons. The maximum Gasteiger partial charge on any atom is 0.0346 e. The van der Waals surface area contributed by atoms with Crippen molar-refractivity contribution in [3.05, 3.63) is 32.7 Å². The Bertz CT molecular complexity index is 385. The highest BCUT2D eigenvalue weighted by Gasteiger charge is 2.20. The molecule has 1 atom stereocenters. The van der Waals surface area contributed by atoms with Crippen LogP contribution in [0.25, 0.3) is 0 Å². The van der Waals surface area contributed by atoms with Crippen molar-refractivity contribution in [3.63, 3.8) is 0 Å². The molecule has 2 rings (SSSR count). The van der Waals surface area contributed by atoms with E-state index < -0.39 is 0 Å². The Morgan fingerprint density at radius 3 is 2.32 bits per heavy atom. The third-order valence-corrected chi connectivity index (χ3v) is 5.19. The molecule has 0 bridgehead atoms. The zero-order valence-corrected chi connectivity index (χ0v) is 15.7. The molecular formula is C13H20Br2Cl2N2. The predicted octanol–water partition coefficient (Wildman–Crippen LogP) is 4.41. The van der Waals surface area contributed by atoms with Gasteiger partial charge in [-0.05, 0) is 56.0 Å². The van der Waals surface area contributed by atoms with Crippen LogP contribution in [0.4, 0.5) is 0 Å². The van der Waals surface area contributed by atoms with E-state index in [0.29, 0.717) is 6.04 Å². The molecule has 0 aromatic heterocycles. The van der Waals surface area contributed by atoms with E-state index in [0.717, 1.165) is 41.5 Å². The number of rotatable bonds is 3. The van der Waals surface area contributed by atoms with Crippen LogP contribution in [0.15, 0.2) is 27.1 Å². The number of hydrogen-bond acceptors (Lipinski definition) is 2. The molecule has 1 aliphatic rings. The van der Waals surface area contributed by atoms with Crippen molar-refractivity contribution in [3.8, 4) is 0 Å². The van der Waals surface area contributed by atoms with Gasteiger partial charge in [0, 0.05) is 41.2 Å². The molecule has 0 aliphatic carbocycles. The monoisotopic (exact) mass is 432 g/mol. The van der Waals surface area contributed by atoms with Crippen LogP contribution in [0.5, 0.6) is 0 Å². The summed E-state index contributed by atoms with van der Waals surface area (Å²) in [6.45, 7) is 6.77. The Balaban J connectivity index is 0.00000162. The first-order chi connectivity index (χ1) is 8.22. The van der Waals surface area contributed by atoms with Crippen LogP contribution in [0.1, 0.15) is 24.9 Å². The van der Waals surface area contributed by atoms with E-state index in [-0.39, 0.29) is 24.8 Å². The molecule has 1 heterocycles. The summed E-state index contributed by atoms with van der Waals surface area (Å²) in [6.07, 6.45) is 1.16. The van der Waals surface area contributed by atoms with Gasteiger partial charge in [0.05, 0.1) is 0 Å². The van der Waals surface area contributed by atoms with Gasteiger partial charge in [-0.3, -0.25) is 4.90 Å². The van der Waals surface area contributed by atoms with Crippen molar-refractivity contribution in [2.75, 3.05) is 26.2 Å². The maximum atomic E-state index is 3.59. The van der Waals surface area contributed by atoms with Gasteiger partial charge in [-0.2, -0.15) is 0 Å². The summed E-state index contributed by atoms with van der Waals surface area (Å²) in [5.74, 6) is 0. The van der Waals surface area contributed by atoms with Crippen LogP contribution < -0.4 is 5.32 Å². The first kappa shape index (κ1) is 19.7. The van der Waals surface area contributed by atoms with Crippen LogP contribution in [-0.2, 0) is 0 Å². The zero-order chi connectivity index (χ0) is 12.3. The van der Waals surface area contributed by atoms with E-state index >= 15 is 0 Å². The van der Waals surface area contributed by atoms with E-state index in [4.69, 9.17) is 0 Å². The van der Waals surface area contributed by atoms with Gasteiger partial charge in [-0.15, -0.1) is 24.8 Å². The highest BCUT2D eigenvalue weighted by Crippen LogP contribution is 2.30. The first-order valence-corrected chi connectivity index (χ1v) is 7.70. The second-order valence-corrected chi connectivity index (χ2v) is 6.09. The van der Waals surface area contributed by atoms with Crippen LogP contribution in [0.2, 0.25) is 0 Å². The molecule has 1 fully saturated rings. The molecule has 110 valence electrons. The number of nitrogens with zero attached hydrogens (tertiary/aromatic N) is 1. The molecule has 1 aliphatic heterocycles. The van der Waals surface area contributed by atoms with E-state index in [1.54, 1.807) is 0 Å². The number of nitrogens with one attached hydrogen (secondary N) is 1. The zero-order valence-electron chi connectivity index (χ0n) is 10.9. The first-order valence-electron chi connectivity index (χ1n) is 6.12. The van der Waals surface area contributed by atoms with Gasteiger partial charge in [0.2, 0.25) is 0 Å². The molecule has 2 nitrogen and oxygen atoms in total. The van der Waals surface area contributed by atoms with Gasteiger partial charge in [0.25, 0.3) is 0 Å². The lowest BCUT2D eigenvalue weighted by Crippen LogP contribution is -2.45. The van der Waals surface area contributed by atoms with Crippen molar-refractivity contribution in [1.29, 1.82) is 0 Å². The minimum atomic E-state index is 0. The quantitative estimate of drug-likeness (QED) is 0.757. The third-order valence-electron chi connectivity index (χ3n) is 3.31. The van der Waals surface area contributed by atoms with Crippen LogP contribution >= 0.6 is 56.7 Å². The molecule has 0 spiro atoms. The molecule has 1 aromatic carbocycles. The molecule has 1 saturated heterocycles. The summed E-state index contributed by atoms with van der Waals surface area (Å²) in [4.78, 5) is 2.58. The summed E-state index contributed by atoms with van der Waals surface area (Å²) in [6, 6.07) is 7.14. The second kappa shape index (κ2) is 9.59. The number of halogens is 4. The molecule has 19 heavy (non-hydrogen) atoms. The van der Waals surface area contributed by atoms with Crippen molar-refractivity contribution < 1.29 is 0 Å². The van der Waals surface area contributed by atoms with Gasteiger partial charge in [-0.1, -0.05) is 13.0 Å². The summed E-state index contributed by atoms with van der Waals surface area (Å²) in [5.41, 5.74) is 1.41. The lowest BCUT2D eigenvalue weighted by Gasteiger charge is -2.34. The number of piperazine rings is 1. The fraction of sp³-hybridized carbons (Fsp3) is 0.538. The Kier molecular flexibility index (Phi) is 9.93. The molecule has 1 aromatic rings. The highest BCUT2D eigenvalue weighted by molar-refractivity contribution is 9.13. The van der Waals surface area contributed by atoms with Gasteiger partial charge < -0.3 is 5.32 Å². The Hall–Kier alpha value is 0.680. The van der Waals surface area contributed by atoms with E-state index in [9.17, 15) is 0 Å². The summed E-state index contributed by atoms with van der Waals surface area (Å²) >= 11 is 7.12. The van der Waals surface area contributed by atoms with E-state index in [1.807, 2.05) is 0 Å². The maximum absolute atomic E-state index is 3.59. The van der Waals surface area contributed by atoms with Crippen molar-refractivity contribution >= 4 is 56.7 Å². The smallest absolute Gasteiger partial charge is 0.0346 e. The second-order valence-electron chi connectivity index (χ2n) is 4.38. The normalized spacial score (nSPS) is 17.2. The van der Waals surface area contributed by atoms with Crippen LogP contribution in [-0.4, -0.2) is 31.1 Å². The highest BCUT2D eigenvalue weighted by atomic mass is 79.9. The van der Waals surface area contributed by atoms with Crippen molar-refractivity contribution in [1.82, 2.24) is 10.2 Å².